The minimum absolute atomic E-state index is 0.0258. The maximum Gasteiger partial charge on any atom is 0.276 e. The van der Waals surface area contributed by atoms with Gasteiger partial charge in [0.25, 0.3) is 5.91 Å². The number of carbonyl (C=O) groups excluding carboxylic acids is 1. The quantitative estimate of drug-likeness (QED) is 0.855. The Kier molecular flexibility index (Phi) is 3.70. The summed E-state index contributed by atoms with van der Waals surface area (Å²) in [5.74, 6) is 2.54. The zero-order valence-corrected chi connectivity index (χ0v) is 13.9. The normalized spacial score (nSPS) is 25.8. The molecule has 2 aliphatic rings. The van der Waals surface area contributed by atoms with Crippen molar-refractivity contribution in [1.29, 1.82) is 0 Å². The molecule has 0 aromatic carbocycles. The highest BCUT2D eigenvalue weighted by atomic mass is 16.5. The molecule has 126 valence electrons. The Balaban J connectivity index is 1.48. The highest BCUT2D eigenvalue weighted by Gasteiger charge is 2.46. The van der Waals surface area contributed by atoms with E-state index in [0.29, 0.717) is 29.3 Å². The topological polar surface area (TPSA) is 75.4 Å². The van der Waals surface area contributed by atoms with Gasteiger partial charge in [0.05, 0.1) is 6.20 Å². The Hall–Kier alpha value is -2.44. The SMILES string of the molecule is Cc1cc(C(=O)N2C[C@H]3CC[C@@H](N(C)c4cnccn4)[C@H]3C2)no1. The molecular formula is C17H21N5O2. The van der Waals surface area contributed by atoms with Crippen LogP contribution >= 0.6 is 0 Å². The molecule has 0 N–H and O–H groups in total. The summed E-state index contributed by atoms with van der Waals surface area (Å²) in [7, 11) is 2.07. The fourth-order valence-corrected chi connectivity index (χ4v) is 4.16. The zero-order valence-electron chi connectivity index (χ0n) is 13.9. The Morgan fingerprint density at radius 2 is 2.21 bits per heavy atom. The predicted octanol–water partition coefficient (Wildman–Crippen LogP) is 1.76. The van der Waals surface area contributed by atoms with Crippen LogP contribution in [0.15, 0.2) is 29.2 Å². The summed E-state index contributed by atoms with van der Waals surface area (Å²) in [6, 6.07) is 2.10. The van der Waals surface area contributed by atoms with Gasteiger partial charge in [-0.2, -0.15) is 0 Å². The van der Waals surface area contributed by atoms with Crippen LogP contribution in [0.3, 0.4) is 0 Å². The minimum atomic E-state index is -0.0258. The molecule has 0 spiro atoms. The fourth-order valence-electron chi connectivity index (χ4n) is 4.16. The molecule has 1 saturated heterocycles. The number of likely N-dealkylation sites (tertiary alicyclic amines) is 1. The third-order valence-corrected chi connectivity index (χ3v) is 5.36. The third-order valence-electron chi connectivity index (χ3n) is 5.36. The average Bonchev–Trinajstić information content (AvgIpc) is 3.29. The van der Waals surface area contributed by atoms with Gasteiger partial charge in [0, 0.05) is 50.6 Å². The number of aromatic nitrogens is 3. The van der Waals surface area contributed by atoms with E-state index in [1.54, 1.807) is 31.6 Å². The molecule has 1 saturated carbocycles. The first-order valence-corrected chi connectivity index (χ1v) is 8.35. The van der Waals surface area contributed by atoms with Crippen LogP contribution in [0, 0.1) is 18.8 Å². The van der Waals surface area contributed by atoms with Crippen LogP contribution in [0.2, 0.25) is 0 Å². The number of aryl methyl sites for hydroxylation is 1. The molecule has 3 heterocycles. The number of anilines is 1. The van der Waals surface area contributed by atoms with Gasteiger partial charge >= 0.3 is 0 Å². The standard InChI is InChI=1S/C17H21N5O2/c1-11-7-14(20-24-11)17(23)22-9-12-3-4-15(13(12)10-22)21(2)16-8-18-5-6-19-16/h5-8,12-13,15H,3-4,9-10H2,1-2H3/t12-,13+,15-/m1/s1. The molecular weight excluding hydrogens is 306 g/mol. The van der Waals surface area contributed by atoms with Crippen molar-refractivity contribution in [3.05, 3.63) is 36.1 Å². The summed E-state index contributed by atoms with van der Waals surface area (Å²) in [5.41, 5.74) is 0.409. The van der Waals surface area contributed by atoms with E-state index in [4.69, 9.17) is 4.52 Å². The highest BCUT2D eigenvalue weighted by Crippen LogP contribution is 2.41. The minimum Gasteiger partial charge on any atom is -0.361 e. The maximum absolute atomic E-state index is 12.6. The number of carbonyl (C=O) groups is 1. The summed E-state index contributed by atoms with van der Waals surface area (Å²) < 4.78 is 5.04. The van der Waals surface area contributed by atoms with Gasteiger partial charge in [-0.3, -0.25) is 9.78 Å². The van der Waals surface area contributed by atoms with Gasteiger partial charge in [-0.15, -0.1) is 0 Å². The van der Waals surface area contributed by atoms with Crippen LogP contribution < -0.4 is 4.90 Å². The summed E-state index contributed by atoms with van der Waals surface area (Å²) in [6.07, 6.45) is 7.47. The number of nitrogens with zero attached hydrogens (tertiary/aromatic N) is 5. The van der Waals surface area contributed by atoms with Gasteiger partial charge in [0.2, 0.25) is 0 Å². The van der Waals surface area contributed by atoms with Crippen molar-refractivity contribution in [3.63, 3.8) is 0 Å². The lowest BCUT2D eigenvalue weighted by atomic mass is 9.97. The monoisotopic (exact) mass is 327 g/mol. The van der Waals surface area contributed by atoms with Crippen LogP contribution in [-0.2, 0) is 0 Å². The highest BCUT2D eigenvalue weighted by molar-refractivity contribution is 5.92. The van der Waals surface area contributed by atoms with Crippen molar-refractivity contribution < 1.29 is 9.32 Å². The first kappa shape index (κ1) is 15.1. The molecule has 7 nitrogen and oxygen atoms in total. The summed E-state index contributed by atoms with van der Waals surface area (Å²) in [6.45, 7) is 3.37. The van der Waals surface area contributed by atoms with E-state index >= 15 is 0 Å². The number of hydrogen-bond donors (Lipinski definition) is 0. The molecule has 4 rings (SSSR count). The molecule has 2 aromatic rings. The molecule has 0 bridgehead atoms. The van der Waals surface area contributed by atoms with Crippen LogP contribution in [0.5, 0.6) is 0 Å². The Morgan fingerprint density at radius 1 is 1.33 bits per heavy atom. The van der Waals surface area contributed by atoms with E-state index < -0.39 is 0 Å². The average molecular weight is 327 g/mol. The number of amides is 1. The molecule has 1 aliphatic heterocycles. The van der Waals surface area contributed by atoms with Crippen molar-refractivity contribution in [1.82, 2.24) is 20.0 Å². The lowest BCUT2D eigenvalue weighted by Gasteiger charge is -2.30. The molecule has 2 fully saturated rings. The molecule has 0 radical (unpaired) electrons. The number of rotatable bonds is 3. The molecule has 1 aliphatic carbocycles. The van der Waals surface area contributed by atoms with E-state index in [9.17, 15) is 4.79 Å². The van der Waals surface area contributed by atoms with Crippen molar-refractivity contribution in [2.45, 2.75) is 25.8 Å². The molecule has 24 heavy (non-hydrogen) atoms. The molecule has 0 unspecified atom stereocenters. The van der Waals surface area contributed by atoms with Gasteiger partial charge in [-0.25, -0.2) is 4.98 Å². The van der Waals surface area contributed by atoms with Crippen molar-refractivity contribution in [3.8, 4) is 0 Å². The van der Waals surface area contributed by atoms with E-state index in [1.165, 1.54) is 0 Å². The second-order valence-corrected chi connectivity index (χ2v) is 6.78. The van der Waals surface area contributed by atoms with Gasteiger partial charge in [-0.1, -0.05) is 5.16 Å². The van der Waals surface area contributed by atoms with Gasteiger partial charge < -0.3 is 14.3 Å². The maximum atomic E-state index is 12.6. The Morgan fingerprint density at radius 3 is 2.92 bits per heavy atom. The summed E-state index contributed by atoms with van der Waals surface area (Å²) in [5, 5.41) is 3.86. The third kappa shape index (κ3) is 2.53. The van der Waals surface area contributed by atoms with Crippen LogP contribution in [0.1, 0.15) is 29.1 Å². The predicted molar refractivity (Wildman–Crippen MR) is 87.6 cm³/mol. The van der Waals surface area contributed by atoms with Crippen LogP contribution in [0.25, 0.3) is 0 Å². The second-order valence-electron chi connectivity index (χ2n) is 6.78. The van der Waals surface area contributed by atoms with Gasteiger partial charge in [-0.05, 0) is 25.7 Å². The summed E-state index contributed by atoms with van der Waals surface area (Å²) in [4.78, 5) is 25.3. The smallest absolute Gasteiger partial charge is 0.276 e. The van der Waals surface area contributed by atoms with E-state index in [2.05, 4.69) is 27.1 Å². The van der Waals surface area contributed by atoms with Crippen LogP contribution in [0.4, 0.5) is 5.82 Å². The molecule has 3 atom stereocenters. The molecule has 1 amide bonds. The van der Waals surface area contributed by atoms with Crippen LogP contribution in [-0.4, -0.2) is 52.1 Å². The Labute approximate surface area is 140 Å². The fraction of sp³-hybridized carbons (Fsp3) is 0.529. The molecule has 7 heteroatoms. The van der Waals surface area contributed by atoms with Crippen molar-refractivity contribution in [2.75, 3.05) is 25.0 Å². The van der Waals surface area contributed by atoms with Gasteiger partial charge in [0.1, 0.15) is 11.6 Å². The van der Waals surface area contributed by atoms with E-state index in [1.807, 2.05) is 4.90 Å². The van der Waals surface area contributed by atoms with Gasteiger partial charge in [0.15, 0.2) is 5.69 Å². The lowest BCUT2D eigenvalue weighted by molar-refractivity contribution is 0.0769. The number of fused-ring (bicyclic) bond motifs is 1. The van der Waals surface area contributed by atoms with Crippen molar-refractivity contribution >= 4 is 11.7 Å². The lowest BCUT2D eigenvalue weighted by Crippen LogP contribution is -2.39. The number of hydrogen-bond acceptors (Lipinski definition) is 6. The second kappa shape index (κ2) is 5.89. The first-order chi connectivity index (χ1) is 11.6. The first-order valence-electron chi connectivity index (χ1n) is 8.35. The Bertz CT molecular complexity index is 732. The largest absolute Gasteiger partial charge is 0.361 e. The van der Waals surface area contributed by atoms with E-state index in [0.717, 1.165) is 31.7 Å². The summed E-state index contributed by atoms with van der Waals surface area (Å²) >= 11 is 0. The molecule has 2 aromatic heterocycles. The zero-order chi connectivity index (χ0) is 16.7. The van der Waals surface area contributed by atoms with E-state index in [-0.39, 0.29) is 5.91 Å². The van der Waals surface area contributed by atoms with Crippen molar-refractivity contribution in [2.24, 2.45) is 11.8 Å².